The summed E-state index contributed by atoms with van der Waals surface area (Å²) >= 11 is 0. The van der Waals surface area contributed by atoms with Gasteiger partial charge in [0.1, 0.15) is 22.3 Å². The normalized spacial score (nSPS) is 12.3. The Morgan fingerprint density at radius 2 is 1.08 bits per heavy atom. The number of hydrogen-bond acceptors (Lipinski definition) is 2. The minimum atomic E-state index is 0.894. The van der Waals surface area contributed by atoms with E-state index in [2.05, 4.69) is 95.6 Å². The molecule has 37 heavy (non-hydrogen) atoms. The van der Waals surface area contributed by atoms with Gasteiger partial charge < -0.3 is 13.4 Å². The largest absolute Gasteiger partial charge is 0.456 e. The van der Waals surface area contributed by atoms with Crippen LogP contribution in [0.3, 0.4) is 0 Å². The van der Waals surface area contributed by atoms with Crippen LogP contribution in [-0.4, -0.2) is 4.57 Å². The highest BCUT2D eigenvalue weighted by molar-refractivity contribution is 6.29. The molecule has 0 saturated heterocycles. The van der Waals surface area contributed by atoms with Gasteiger partial charge in [0.25, 0.3) is 0 Å². The van der Waals surface area contributed by atoms with Crippen LogP contribution in [0.2, 0.25) is 0 Å². The molecule has 0 bridgehead atoms. The molecule has 0 radical (unpaired) electrons. The maximum absolute atomic E-state index is 6.50. The summed E-state index contributed by atoms with van der Waals surface area (Å²) in [5.41, 5.74) is 7.06. The van der Waals surface area contributed by atoms with Gasteiger partial charge in [-0.3, -0.25) is 0 Å². The zero-order valence-electron chi connectivity index (χ0n) is 19.7. The number of nitrogens with zero attached hydrogens (tertiary/aromatic N) is 1. The number of hydrogen-bond donors (Lipinski definition) is 0. The van der Waals surface area contributed by atoms with E-state index in [4.69, 9.17) is 8.83 Å². The third-order valence-corrected chi connectivity index (χ3v) is 7.78. The summed E-state index contributed by atoms with van der Waals surface area (Å²) in [6.07, 6.45) is 0. The van der Waals surface area contributed by atoms with Crippen LogP contribution < -0.4 is 0 Å². The third kappa shape index (κ3) is 2.45. The quantitative estimate of drug-likeness (QED) is 0.238. The molecule has 3 heterocycles. The molecule has 3 aromatic heterocycles. The van der Waals surface area contributed by atoms with Gasteiger partial charge in [0.15, 0.2) is 0 Å². The molecule has 0 amide bonds. The summed E-state index contributed by atoms with van der Waals surface area (Å²) in [6.45, 7) is 0. The Labute approximate surface area is 210 Å². The van der Waals surface area contributed by atoms with Crippen LogP contribution in [0.1, 0.15) is 0 Å². The molecule has 0 N–H and O–H groups in total. The monoisotopic (exact) mass is 473 g/mol. The van der Waals surface area contributed by atoms with Crippen molar-refractivity contribution in [2.24, 2.45) is 0 Å². The van der Waals surface area contributed by atoms with Crippen molar-refractivity contribution in [3.05, 3.63) is 115 Å². The second-order valence-corrected chi connectivity index (χ2v) is 9.73. The summed E-state index contributed by atoms with van der Waals surface area (Å²) in [7, 11) is 0. The lowest BCUT2D eigenvalue weighted by Gasteiger charge is -2.08. The van der Waals surface area contributed by atoms with Crippen LogP contribution in [0.4, 0.5) is 0 Å². The highest BCUT2D eigenvalue weighted by Gasteiger charge is 2.19. The van der Waals surface area contributed by atoms with E-state index < -0.39 is 0 Å². The van der Waals surface area contributed by atoms with E-state index >= 15 is 0 Å². The summed E-state index contributed by atoms with van der Waals surface area (Å²) in [5, 5.41) is 9.33. The van der Waals surface area contributed by atoms with Crippen molar-refractivity contribution in [3.8, 4) is 5.69 Å². The van der Waals surface area contributed by atoms with Crippen LogP contribution in [-0.2, 0) is 0 Å². The van der Waals surface area contributed by atoms with E-state index in [1.54, 1.807) is 0 Å². The first-order valence-corrected chi connectivity index (χ1v) is 12.5. The fourth-order valence-electron chi connectivity index (χ4n) is 6.18. The van der Waals surface area contributed by atoms with Gasteiger partial charge in [-0.2, -0.15) is 0 Å². The molecule has 0 aliphatic rings. The molecule has 0 saturated carbocycles. The second-order valence-electron chi connectivity index (χ2n) is 9.73. The highest BCUT2D eigenvalue weighted by Crippen LogP contribution is 2.42. The van der Waals surface area contributed by atoms with Crippen molar-refractivity contribution >= 4 is 76.5 Å². The van der Waals surface area contributed by atoms with E-state index in [1.807, 2.05) is 24.3 Å². The molecular weight excluding hydrogens is 454 g/mol. The maximum atomic E-state index is 6.50. The first-order valence-electron chi connectivity index (χ1n) is 12.5. The number of fused-ring (bicyclic) bond motifs is 12. The zero-order chi connectivity index (χ0) is 24.1. The highest BCUT2D eigenvalue weighted by atomic mass is 16.3. The van der Waals surface area contributed by atoms with Crippen LogP contribution in [0, 0.1) is 0 Å². The van der Waals surface area contributed by atoms with E-state index in [1.165, 1.54) is 16.2 Å². The van der Waals surface area contributed by atoms with Crippen molar-refractivity contribution in [1.29, 1.82) is 0 Å². The van der Waals surface area contributed by atoms with E-state index in [9.17, 15) is 0 Å². The minimum absolute atomic E-state index is 0.894. The molecule has 0 atom stereocenters. The fraction of sp³-hybridized carbons (Fsp3) is 0. The Morgan fingerprint density at radius 3 is 1.95 bits per heavy atom. The molecule has 3 heteroatoms. The molecule has 0 aliphatic heterocycles. The Kier molecular flexibility index (Phi) is 3.53. The average molecular weight is 474 g/mol. The van der Waals surface area contributed by atoms with Gasteiger partial charge in [-0.1, -0.05) is 66.7 Å². The van der Waals surface area contributed by atoms with Crippen LogP contribution in [0.15, 0.2) is 124 Å². The van der Waals surface area contributed by atoms with E-state index in [0.717, 1.165) is 66.0 Å². The van der Waals surface area contributed by atoms with Crippen molar-refractivity contribution in [2.45, 2.75) is 0 Å². The van der Waals surface area contributed by atoms with Crippen molar-refractivity contribution in [2.75, 3.05) is 0 Å². The summed E-state index contributed by atoms with van der Waals surface area (Å²) in [5.74, 6) is 0. The topological polar surface area (TPSA) is 31.2 Å². The van der Waals surface area contributed by atoms with Gasteiger partial charge >= 0.3 is 0 Å². The van der Waals surface area contributed by atoms with Gasteiger partial charge in [0.2, 0.25) is 0 Å². The predicted molar refractivity (Wildman–Crippen MR) is 153 cm³/mol. The molecule has 9 rings (SSSR count). The first-order chi connectivity index (χ1) is 18.3. The number of benzene rings is 6. The van der Waals surface area contributed by atoms with Crippen LogP contribution in [0.25, 0.3) is 82.1 Å². The molecule has 0 aliphatic carbocycles. The van der Waals surface area contributed by atoms with Crippen molar-refractivity contribution < 1.29 is 8.83 Å². The molecule has 9 aromatic rings. The van der Waals surface area contributed by atoms with E-state index in [-0.39, 0.29) is 0 Å². The number of para-hydroxylation sites is 3. The summed E-state index contributed by atoms with van der Waals surface area (Å²) in [4.78, 5) is 0. The van der Waals surface area contributed by atoms with Crippen molar-refractivity contribution in [3.63, 3.8) is 0 Å². The molecule has 0 unspecified atom stereocenters. The zero-order valence-corrected chi connectivity index (χ0v) is 19.7. The number of furan rings is 2. The number of aromatic nitrogens is 1. The summed E-state index contributed by atoms with van der Waals surface area (Å²) in [6, 6.07) is 40.5. The van der Waals surface area contributed by atoms with Crippen LogP contribution in [0.5, 0.6) is 0 Å². The smallest absolute Gasteiger partial charge is 0.143 e. The minimum Gasteiger partial charge on any atom is -0.456 e. The second kappa shape index (κ2) is 6.80. The number of rotatable bonds is 1. The van der Waals surface area contributed by atoms with Crippen molar-refractivity contribution in [1.82, 2.24) is 4.57 Å². The molecule has 6 aromatic carbocycles. The Hall–Kier alpha value is -5.02. The molecular formula is C34H19NO2. The maximum Gasteiger partial charge on any atom is 0.143 e. The fourth-order valence-corrected chi connectivity index (χ4v) is 6.18. The molecule has 3 nitrogen and oxygen atoms in total. The molecule has 0 spiro atoms. The van der Waals surface area contributed by atoms with Crippen LogP contribution >= 0.6 is 0 Å². The lowest BCUT2D eigenvalue weighted by Crippen LogP contribution is -1.93. The Morgan fingerprint density at radius 1 is 0.432 bits per heavy atom. The first kappa shape index (κ1) is 19.2. The molecule has 0 fully saturated rings. The summed E-state index contributed by atoms with van der Waals surface area (Å²) < 4.78 is 15.1. The van der Waals surface area contributed by atoms with E-state index in [0.29, 0.717) is 0 Å². The third-order valence-electron chi connectivity index (χ3n) is 7.78. The predicted octanol–water partition coefficient (Wildman–Crippen LogP) is 9.74. The lowest BCUT2D eigenvalue weighted by molar-refractivity contribution is 0.668. The standard InChI is InChI=1S/C34H19NO2/c1-4-10-27-26(9-1)33-28(35(27)21-15-17-24-22-7-2-5-11-29(22)36-31(24)19-21)18-14-20-13-16-25-23-8-3-6-12-30(23)37-34(25)32(20)33/h1-19H. The Balaban J connectivity index is 1.45. The Bertz CT molecular complexity index is 2360. The average Bonchev–Trinajstić information content (AvgIpc) is 3.61. The van der Waals surface area contributed by atoms with Gasteiger partial charge in [0.05, 0.1) is 11.0 Å². The molecule has 172 valence electrons. The van der Waals surface area contributed by atoms with Gasteiger partial charge in [-0.15, -0.1) is 0 Å². The van der Waals surface area contributed by atoms with Gasteiger partial charge in [-0.05, 0) is 47.9 Å². The van der Waals surface area contributed by atoms with Gasteiger partial charge in [0, 0.05) is 49.5 Å². The van der Waals surface area contributed by atoms with Gasteiger partial charge in [-0.25, -0.2) is 0 Å². The SMILES string of the molecule is c1ccc2c(c1)oc1cc(-n3c4ccccc4c4c5c(ccc6c7ccccc7oc65)ccc43)ccc12. The lowest BCUT2D eigenvalue weighted by atomic mass is 10.0.